The van der Waals surface area contributed by atoms with Gasteiger partial charge in [-0.3, -0.25) is 0 Å². The second kappa shape index (κ2) is 5.11. The van der Waals surface area contributed by atoms with Gasteiger partial charge in [0.15, 0.2) is 0 Å². The van der Waals surface area contributed by atoms with Crippen LogP contribution >= 0.6 is 0 Å². The van der Waals surface area contributed by atoms with Crippen LogP contribution in [0.3, 0.4) is 0 Å². The fourth-order valence-corrected chi connectivity index (χ4v) is 2.81. The van der Waals surface area contributed by atoms with Crippen LogP contribution in [0.15, 0.2) is 64.9 Å². The molecule has 2 aromatic carbocycles. The van der Waals surface area contributed by atoms with Gasteiger partial charge < -0.3 is 0 Å². The maximum absolute atomic E-state index is 12.4. The topological polar surface area (TPSA) is 17.1 Å². The summed E-state index contributed by atoms with van der Waals surface area (Å²) in [6.45, 7) is 5.77. The van der Waals surface area contributed by atoms with Gasteiger partial charge in [0.2, 0.25) is 0 Å². The number of aryl methyl sites for hydroxylation is 1. The Morgan fingerprint density at radius 1 is 1.06 bits per heavy atom. The lowest BCUT2D eigenvalue weighted by molar-refractivity contribution is 0.683. The zero-order valence-electron chi connectivity index (χ0n) is 9.72. The lowest BCUT2D eigenvalue weighted by Gasteiger charge is -2.06. The first-order valence-electron chi connectivity index (χ1n) is 5.42. The maximum Gasteiger partial charge on any atom is 0.0855 e. The summed E-state index contributed by atoms with van der Waals surface area (Å²) >= 11 is 0. The van der Waals surface area contributed by atoms with Crippen molar-refractivity contribution in [1.82, 2.24) is 0 Å². The Morgan fingerprint density at radius 3 is 2.35 bits per heavy atom. The summed E-state index contributed by atoms with van der Waals surface area (Å²) in [5.74, 6) is 0. The van der Waals surface area contributed by atoms with Crippen molar-refractivity contribution in [2.45, 2.75) is 16.7 Å². The van der Waals surface area contributed by atoms with Crippen LogP contribution in [-0.4, -0.2) is 4.21 Å². The average molecular weight is 242 g/mol. The van der Waals surface area contributed by atoms with Crippen molar-refractivity contribution in [3.05, 3.63) is 66.2 Å². The predicted octanol–water partition coefficient (Wildman–Crippen LogP) is 3.80. The van der Waals surface area contributed by atoms with Crippen LogP contribution in [0, 0.1) is 6.92 Å². The number of benzene rings is 2. The third-order valence-corrected chi connectivity index (χ3v) is 4.05. The van der Waals surface area contributed by atoms with E-state index < -0.39 is 10.8 Å². The molecule has 2 rings (SSSR count). The molecule has 0 aromatic heterocycles. The van der Waals surface area contributed by atoms with Gasteiger partial charge in [-0.2, -0.15) is 0 Å². The number of rotatable bonds is 3. The molecule has 1 nitrogen and oxygen atoms in total. The first-order chi connectivity index (χ1) is 8.22. The molecule has 17 heavy (non-hydrogen) atoms. The van der Waals surface area contributed by atoms with E-state index in [0.29, 0.717) is 0 Å². The third kappa shape index (κ3) is 2.53. The minimum atomic E-state index is -1.14. The number of hydrogen-bond acceptors (Lipinski definition) is 1. The van der Waals surface area contributed by atoms with E-state index in [4.69, 9.17) is 0 Å². The van der Waals surface area contributed by atoms with Crippen molar-refractivity contribution in [2.24, 2.45) is 0 Å². The zero-order valence-corrected chi connectivity index (χ0v) is 10.5. The van der Waals surface area contributed by atoms with Gasteiger partial charge in [0, 0.05) is 4.90 Å². The van der Waals surface area contributed by atoms with Gasteiger partial charge in [0.1, 0.15) is 0 Å². The van der Waals surface area contributed by atoms with Gasteiger partial charge >= 0.3 is 0 Å². The van der Waals surface area contributed by atoms with Gasteiger partial charge in [-0.25, -0.2) is 4.21 Å². The molecule has 0 heterocycles. The minimum absolute atomic E-state index is 0.811. The highest BCUT2D eigenvalue weighted by Crippen LogP contribution is 2.21. The molecule has 0 aliphatic heterocycles. The molecule has 0 unspecified atom stereocenters. The summed E-state index contributed by atoms with van der Waals surface area (Å²) in [4.78, 5) is 1.64. The number of hydrogen-bond donors (Lipinski definition) is 0. The molecule has 1 atom stereocenters. The van der Waals surface area contributed by atoms with E-state index >= 15 is 0 Å². The van der Waals surface area contributed by atoms with E-state index in [1.54, 1.807) is 6.08 Å². The smallest absolute Gasteiger partial charge is 0.0855 e. The normalized spacial score (nSPS) is 12.1. The van der Waals surface area contributed by atoms with Crippen LogP contribution in [0.1, 0.15) is 11.1 Å². The van der Waals surface area contributed by atoms with E-state index in [0.717, 1.165) is 15.4 Å². The van der Waals surface area contributed by atoms with E-state index in [1.807, 2.05) is 55.5 Å². The van der Waals surface area contributed by atoms with Crippen molar-refractivity contribution in [1.29, 1.82) is 0 Å². The summed E-state index contributed by atoms with van der Waals surface area (Å²) in [7, 11) is -1.14. The van der Waals surface area contributed by atoms with Crippen LogP contribution < -0.4 is 0 Å². The molecule has 0 saturated heterocycles. The largest absolute Gasteiger partial charge is 0.249 e. The molecule has 0 aliphatic carbocycles. The van der Waals surface area contributed by atoms with Gasteiger partial charge in [0.05, 0.1) is 15.7 Å². The summed E-state index contributed by atoms with van der Waals surface area (Å²) in [6, 6.07) is 15.4. The van der Waals surface area contributed by atoms with Crippen molar-refractivity contribution in [2.75, 3.05) is 0 Å². The van der Waals surface area contributed by atoms with Crippen molar-refractivity contribution >= 4 is 16.9 Å². The molecule has 0 amide bonds. The quantitative estimate of drug-likeness (QED) is 0.800. The highest BCUT2D eigenvalue weighted by atomic mass is 32.2. The first kappa shape index (κ1) is 11.8. The lowest BCUT2D eigenvalue weighted by atomic mass is 10.2. The van der Waals surface area contributed by atoms with Gasteiger partial charge in [-0.05, 0) is 30.7 Å². The Labute approximate surface area is 104 Å². The zero-order chi connectivity index (χ0) is 12.3. The van der Waals surface area contributed by atoms with E-state index in [2.05, 4.69) is 6.58 Å². The molecular formula is C15H14OS. The standard InChI is InChI=1S/C15H14OS/c1-3-13-6-4-5-7-15(13)17(16)14-10-8-12(2)9-11-14/h3-11H,1H2,2H3/t17-/m0/s1. The molecule has 0 N–H and O–H groups in total. The molecule has 86 valence electrons. The molecule has 0 bridgehead atoms. The Kier molecular flexibility index (Phi) is 3.55. The molecule has 0 aliphatic rings. The SMILES string of the molecule is C=Cc1ccccc1[S@@](=O)c1ccc(C)cc1. The Balaban J connectivity index is 2.43. The van der Waals surface area contributed by atoms with E-state index in [1.165, 1.54) is 5.56 Å². The Morgan fingerprint density at radius 2 is 1.71 bits per heavy atom. The molecule has 0 radical (unpaired) electrons. The van der Waals surface area contributed by atoms with Crippen molar-refractivity contribution in [3.63, 3.8) is 0 Å². The average Bonchev–Trinajstić information content (AvgIpc) is 2.39. The Hall–Kier alpha value is -1.67. The van der Waals surface area contributed by atoms with Crippen molar-refractivity contribution < 1.29 is 4.21 Å². The van der Waals surface area contributed by atoms with Crippen molar-refractivity contribution in [3.8, 4) is 0 Å². The van der Waals surface area contributed by atoms with Crippen LogP contribution in [0.25, 0.3) is 6.08 Å². The molecule has 0 saturated carbocycles. The third-order valence-electron chi connectivity index (χ3n) is 2.57. The van der Waals surface area contributed by atoms with Gasteiger partial charge in [-0.1, -0.05) is 48.6 Å². The van der Waals surface area contributed by atoms with Crippen LogP contribution in [0.4, 0.5) is 0 Å². The molecular weight excluding hydrogens is 228 g/mol. The highest BCUT2D eigenvalue weighted by molar-refractivity contribution is 7.85. The predicted molar refractivity (Wildman–Crippen MR) is 72.4 cm³/mol. The van der Waals surface area contributed by atoms with E-state index in [9.17, 15) is 4.21 Å². The summed E-state index contributed by atoms with van der Waals surface area (Å²) in [5.41, 5.74) is 2.09. The minimum Gasteiger partial charge on any atom is -0.249 e. The van der Waals surface area contributed by atoms with E-state index in [-0.39, 0.29) is 0 Å². The molecule has 2 aromatic rings. The van der Waals surface area contributed by atoms with Gasteiger partial charge in [-0.15, -0.1) is 0 Å². The second-order valence-corrected chi connectivity index (χ2v) is 5.27. The highest BCUT2D eigenvalue weighted by Gasteiger charge is 2.09. The van der Waals surface area contributed by atoms with Crippen LogP contribution in [-0.2, 0) is 10.8 Å². The second-order valence-electron chi connectivity index (χ2n) is 3.82. The lowest BCUT2D eigenvalue weighted by Crippen LogP contribution is -1.95. The van der Waals surface area contributed by atoms with Gasteiger partial charge in [0.25, 0.3) is 0 Å². The summed E-state index contributed by atoms with van der Waals surface area (Å²) in [5, 5.41) is 0. The first-order valence-corrected chi connectivity index (χ1v) is 6.57. The Bertz CT molecular complexity index is 555. The molecule has 0 fully saturated rings. The monoisotopic (exact) mass is 242 g/mol. The summed E-state index contributed by atoms with van der Waals surface area (Å²) < 4.78 is 12.4. The maximum atomic E-state index is 12.4. The molecule has 2 heteroatoms. The molecule has 0 spiro atoms. The summed E-state index contributed by atoms with van der Waals surface area (Å²) in [6.07, 6.45) is 1.74. The fourth-order valence-electron chi connectivity index (χ4n) is 1.61. The fraction of sp³-hybridized carbons (Fsp3) is 0.0667. The van der Waals surface area contributed by atoms with Crippen LogP contribution in [0.2, 0.25) is 0 Å². The van der Waals surface area contributed by atoms with Crippen LogP contribution in [0.5, 0.6) is 0 Å².